The lowest BCUT2D eigenvalue weighted by Gasteiger charge is -2.30. The number of nitrogens with zero attached hydrogens (tertiary/aromatic N) is 2. The van der Waals surface area contributed by atoms with Gasteiger partial charge >= 0.3 is 0 Å². The Kier molecular flexibility index (Phi) is 7.96. The molecule has 0 aliphatic heterocycles. The minimum atomic E-state index is 1.08. The first kappa shape index (κ1) is 29.1. The van der Waals surface area contributed by atoms with Crippen LogP contribution in [0.2, 0.25) is 0 Å². The maximum atomic E-state index is 2.39. The van der Waals surface area contributed by atoms with E-state index in [0.717, 1.165) is 34.1 Å². The Balaban J connectivity index is 1.30. The number of hydrogen-bond donors (Lipinski definition) is 0. The smallest absolute Gasteiger partial charge is 0.0546 e. The van der Waals surface area contributed by atoms with Crippen LogP contribution in [0.4, 0.5) is 34.1 Å². The molecular formula is C46H34N2. The summed E-state index contributed by atoms with van der Waals surface area (Å²) >= 11 is 0. The van der Waals surface area contributed by atoms with E-state index >= 15 is 0 Å². The van der Waals surface area contributed by atoms with E-state index in [1.54, 1.807) is 0 Å². The van der Waals surface area contributed by atoms with E-state index in [4.69, 9.17) is 0 Å². The van der Waals surface area contributed by atoms with Gasteiger partial charge in [-0.2, -0.15) is 0 Å². The predicted molar refractivity (Wildman–Crippen MR) is 204 cm³/mol. The molecule has 0 bridgehead atoms. The fourth-order valence-electron chi connectivity index (χ4n) is 6.48. The lowest BCUT2D eigenvalue weighted by atomic mass is 9.97. The molecule has 8 aromatic rings. The molecule has 0 N–H and O–H groups in total. The Morgan fingerprint density at radius 2 is 0.604 bits per heavy atom. The van der Waals surface area contributed by atoms with Crippen LogP contribution in [0, 0.1) is 0 Å². The van der Waals surface area contributed by atoms with Crippen molar-refractivity contribution in [2.75, 3.05) is 9.80 Å². The van der Waals surface area contributed by atoms with Crippen LogP contribution in [0.25, 0.3) is 33.0 Å². The van der Waals surface area contributed by atoms with Crippen molar-refractivity contribution in [1.82, 2.24) is 0 Å². The van der Waals surface area contributed by atoms with Crippen LogP contribution in [0.1, 0.15) is 0 Å². The van der Waals surface area contributed by atoms with Crippen LogP contribution in [-0.2, 0) is 0 Å². The van der Waals surface area contributed by atoms with Gasteiger partial charge in [0.2, 0.25) is 0 Å². The van der Waals surface area contributed by atoms with Gasteiger partial charge < -0.3 is 9.80 Å². The maximum absolute atomic E-state index is 2.39. The summed E-state index contributed by atoms with van der Waals surface area (Å²) in [5.74, 6) is 0. The normalized spacial score (nSPS) is 10.9. The fourth-order valence-corrected chi connectivity index (χ4v) is 6.48. The molecule has 0 saturated carbocycles. The molecule has 2 heteroatoms. The van der Waals surface area contributed by atoms with Crippen molar-refractivity contribution in [2.24, 2.45) is 0 Å². The molecular weight excluding hydrogens is 581 g/mol. The molecule has 8 aromatic carbocycles. The van der Waals surface area contributed by atoms with E-state index in [9.17, 15) is 0 Å². The van der Waals surface area contributed by atoms with Gasteiger partial charge in [-0.05, 0) is 100 Å². The molecule has 0 unspecified atom stereocenters. The number of anilines is 6. The topological polar surface area (TPSA) is 6.48 Å². The number of fused-ring (bicyclic) bond motifs is 1. The van der Waals surface area contributed by atoms with Crippen LogP contribution < -0.4 is 9.80 Å². The van der Waals surface area contributed by atoms with E-state index in [1.165, 1.54) is 33.0 Å². The first-order valence-corrected chi connectivity index (χ1v) is 16.4. The number of para-hydroxylation sites is 2. The highest BCUT2D eigenvalue weighted by Crippen LogP contribution is 2.44. The molecule has 228 valence electrons. The maximum Gasteiger partial charge on any atom is 0.0546 e. The molecule has 0 fully saturated rings. The zero-order chi connectivity index (χ0) is 32.1. The average molecular weight is 615 g/mol. The Bertz CT molecular complexity index is 2210. The third-order valence-corrected chi connectivity index (χ3v) is 8.82. The summed E-state index contributed by atoms with van der Waals surface area (Å²) in [7, 11) is 0. The Morgan fingerprint density at radius 3 is 1.12 bits per heavy atom. The monoisotopic (exact) mass is 614 g/mol. The van der Waals surface area contributed by atoms with E-state index in [1.807, 2.05) is 0 Å². The highest BCUT2D eigenvalue weighted by atomic mass is 15.2. The van der Waals surface area contributed by atoms with Crippen LogP contribution in [0.15, 0.2) is 206 Å². The highest BCUT2D eigenvalue weighted by molar-refractivity contribution is 5.98. The van der Waals surface area contributed by atoms with Crippen molar-refractivity contribution in [3.05, 3.63) is 206 Å². The molecule has 0 amide bonds. The lowest BCUT2D eigenvalue weighted by Crippen LogP contribution is -2.13. The van der Waals surface area contributed by atoms with Gasteiger partial charge in [0, 0.05) is 34.0 Å². The molecule has 8 rings (SSSR count). The SMILES string of the molecule is c1ccc(-c2ccc(N(c3ccc(N(c4ccccc4)c4ccccc4)cc3)c3cc4ccccc4cc3-c3ccccc3)cc2)cc1. The summed E-state index contributed by atoms with van der Waals surface area (Å²) in [5, 5.41) is 2.42. The van der Waals surface area contributed by atoms with Crippen LogP contribution in [0.5, 0.6) is 0 Å². The van der Waals surface area contributed by atoms with Crippen molar-refractivity contribution in [2.45, 2.75) is 0 Å². The molecule has 0 radical (unpaired) electrons. The van der Waals surface area contributed by atoms with Crippen molar-refractivity contribution in [3.63, 3.8) is 0 Å². The molecule has 0 saturated heterocycles. The van der Waals surface area contributed by atoms with E-state index < -0.39 is 0 Å². The second kappa shape index (κ2) is 13.2. The van der Waals surface area contributed by atoms with Crippen molar-refractivity contribution < 1.29 is 0 Å². The Labute approximate surface area is 282 Å². The van der Waals surface area contributed by atoms with E-state index in [0.29, 0.717) is 0 Å². The molecule has 2 nitrogen and oxygen atoms in total. The van der Waals surface area contributed by atoms with Crippen LogP contribution in [-0.4, -0.2) is 0 Å². The highest BCUT2D eigenvalue weighted by Gasteiger charge is 2.20. The van der Waals surface area contributed by atoms with Crippen molar-refractivity contribution in [3.8, 4) is 22.3 Å². The van der Waals surface area contributed by atoms with Gasteiger partial charge in [0.05, 0.1) is 5.69 Å². The second-order valence-electron chi connectivity index (χ2n) is 11.9. The van der Waals surface area contributed by atoms with Gasteiger partial charge in [0.1, 0.15) is 0 Å². The van der Waals surface area contributed by atoms with Crippen LogP contribution in [0.3, 0.4) is 0 Å². The largest absolute Gasteiger partial charge is 0.311 e. The minimum absolute atomic E-state index is 1.08. The standard InChI is InChI=1S/C46H34N2/c1-5-15-35(16-6-1)36-25-27-43(28-26-36)48(46-34-39-20-14-13-19-38(39)33-45(46)37-17-7-2-8-18-37)44-31-29-42(30-32-44)47(40-21-9-3-10-22-40)41-23-11-4-12-24-41/h1-34H. The quantitative estimate of drug-likeness (QED) is 0.168. The Hall–Kier alpha value is -6.38. The van der Waals surface area contributed by atoms with E-state index in [2.05, 4.69) is 216 Å². The molecule has 0 aliphatic carbocycles. The molecule has 48 heavy (non-hydrogen) atoms. The lowest BCUT2D eigenvalue weighted by molar-refractivity contribution is 1.26. The summed E-state index contributed by atoms with van der Waals surface area (Å²) in [6.07, 6.45) is 0. The fraction of sp³-hybridized carbons (Fsp3) is 0. The Morgan fingerprint density at radius 1 is 0.250 bits per heavy atom. The molecule has 0 atom stereocenters. The van der Waals surface area contributed by atoms with Crippen molar-refractivity contribution in [1.29, 1.82) is 0 Å². The predicted octanol–water partition coefficient (Wildman–Crippen LogP) is 13.1. The summed E-state index contributed by atoms with van der Waals surface area (Å²) in [5.41, 5.74) is 11.4. The zero-order valence-electron chi connectivity index (χ0n) is 26.5. The summed E-state index contributed by atoms with van der Waals surface area (Å²) < 4.78 is 0. The first-order chi connectivity index (χ1) is 23.8. The van der Waals surface area contributed by atoms with Gasteiger partial charge in [-0.3, -0.25) is 0 Å². The van der Waals surface area contributed by atoms with Gasteiger partial charge in [-0.15, -0.1) is 0 Å². The number of hydrogen-bond acceptors (Lipinski definition) is 2. The third kappa shape index (κ3) is 5.84. The van der Waals surface area contributed by atoms with Gasteiger partial charge in [0.25, 0.3) is 0 Å². The van der Waals surface area contributed by atoms with Gasteiger partial charge in [-0.1, -0.05) is 133 Å². The summed E-state index contributed by atoms with van der Waals surface area (Å²) in [6.45, 7) is 0. The van der Waals surface area contributed by atoms with E-state index in [-0.39, 0.29) is 0 Å². The van der Waals surface area contributed by atoms with Gasteiger partial charge in [-0.25, -0.2) is 0 Å². The second-order valence-corrected chi connectivity index (χ2v) is 11.9. The third-order valence-electron chi connectivity index (χ3n) is 8.82. The molecule has 0 heterocycles. The molecule has 0 aromatic heterocycles. The average Bonchev–Trinajstić information content (AvgIpc) is 3.17. The number of benzene rings is 8. The van der Waals surface area contributed by atoms with Gasteiger partial charge in [0.15, 0.2) is 0 Å². The molecule has 0 aliphatic rings. The number of rotatable bonds is 8. The summed E-state index contributed by atoms with van der Waals surface area (Å²) in [6, 6.07) is 73.5. The van der Waals surface area contributed by atoms with Crippen molar-refractivity contribution >= 4 is 44.9 Å². The summed E-state index contributed by atoms with van der Waals surface area (Å²) in [4.78, 5) is 4.69. The first-order valence-electron chi connectivity index (χ1n) is 16.4. The molecule has 0 spiro atoms. The zero-order valence-corrected chi connectivity index (χ0v) is 26.5. The minimum Gasteiger partial charge on any atom is -0.311 e. The van der Waals surface area contributed by atoms with Crippen LogP contribution >= 0.6 is 0 Å².